The van der Waals surface area contributed by atoms with Gasteiger partial charge in [-0.1, -0.05) is 43.3 Å². The van der Waals surface area contributed by atoms with Crippen molar-refractivity contribution in [1.82, 2.24) is 29.8 Å². The fraction of sp³-hybridized carbons (Fsp3) is 0.292. The van der Waals surface area contributed by atoms with Gasteiger partial charge in [-0.25, -0.2) is 0 Å². The van der Waals surface area contributed by atoms with E-state index < -0.39 is 5.97 Å². The quantitative estimate of drug-likeness (QED) is 0.413. The zero-order valence-corrected chi connectivity index (χ0v) is 18.8. The number of carboxylic acids is 1. The molecule has 0 aliphatic carbocycles. The van der Waals surface area contributed by atoms with Gasteiger partial charge in [-0.2, -0.15) is 10.1 Å². The molecule has 0 saturated heterocycles. The number of carboxylic acid groups (broad SMARTS) is 1. The number of hydrogen-bond donors (Lipinski definition) is 1. The maximum absolute atomic E-state index is 10.8. The molecule has 33 heavy (non-hydrogen) atoms. The van der Waals surface area contributed by atoms with E-state index in [-0.39, 0.29) is 6.54 Å². The molecule has 3 heterocycles. The third-order valence-corrected chi connectivity index (χ3v) is 5.06. The average molecular weight is 447 g/mol. The van der Waals surface area contributed by atoms with E-state index >= 15 is 0 Å². The molecule has 0 radical (unpaired) electrons. The number of hydrogen-bond acceptors (Lipinski definition) is 7. The molecule has 0 bridgehead atoms. The number of pyridine rings is 1. The molecule has 4 aromatic rings. The van der Waals surface area contributed by atoms with Gasteiger partial charge in [0.1, 0.15) is 0 Å². The summed E-state index contributed by atoms with van der Waals surface area (Å²) in [5, 5.41) is 17.7. The minimum absolute atomic E-state index is 0.0136. The SMILES string of the molecule is CC(C)Cn1ncc(-c2nc(-c3ccc(CN(C)CC(=O)O)cc3)no2)c1-c1ccncc1. The van der Waals surface area contributed by atoms with E-state index in [0.717, 1.165) is 34.5 Å². The van der Waals surface area contributed by atoms with Crippen LogP contribution < -0.4 is 0 Å². The van der Waals surface area contributed by atoms with Crippen molar-refractivity contribution in [3.8, 4) is 34.1 Å². The van der Waals surface area contributed by atoms with Gasteiger partial charge in [-0.05, 0) is 30.7 Å². The summed E-state index contributed by atoms with van der Waals surface area (Å²) in [6.45, 7) is 5.57. The molecule has 9 heteroatoms. The molecular formula is C24H26N6O3. The zero-order chi connectivity index (χ0) is 23.4. The first-order valence-electron chi connectivity index (χ1n) is 10.7. The van der Waals surface area contributed by atoms with Crippen molar-refractivity contribution in [3.63, 3.8) is 0 Å². The summed E-state index contributed by atoms with van der Waals surface area (Å²) in [6.07, 6.45) is 5.26. The summed E-state index contributed by atoms with van der Waals surface area (Å²) in [5.41, 5.74) is 4.48. The highest BCUT2D eigenvalue weighted by Gasteiger charge is 2.21. The second kappa shape index (κ2) is 9.74. The number of likely N-dealkylation sites (N-methyl/N-ethyl adjacent to an activating group) is 1. The van der Waals surface area contributed by atoms with Crippen molar-refractivity contribution in [2.45, 2.75) is 26.9 Å². The Morgan fingerprint density at radius 3 is 2.52 bits per heavy atom. The summed E-state index contributed by atoms with van der Waals surface area (Å²) >= 11 is 0. The molecule has 1 aromatic carbocycles. The Kier molecular flexibility index (Phi) is 6.60. The van der Waals surface area contributed by atoms with Crippen LogP contribution in [0.1, 0.15) is 19.4 Å². The van der Waals surface area contributed by atoms with Gasteiger partial charge >= 0.3 is 5.97 Å². The number of nitrogens with zero attached hydrogens (tertiary/aromatic N) is 6. The molecule has 0 atom stereocenters. The Hall–Kier alpha value is -3.85. The van der Waals surface area contributed by atoms with E-state index in [0.29, 0.717) is 24.2 Å². The van der Waals surface area contributed by atoms with E-state index in [4.69, 9.17) is 9.63 Å². The fourth-order valence-corrected chi connectivity index (χ4v) is 3.65. The van der Waals surface area contributed by atoms with Crippen LogP contribution in [0, 0.1) is 5.92 Å². The van der Waals surface area contributed by atoms with E-state index in [1.165, 1.54) is 0 Å². The van der Waals surface area contributed by atoms with Crippen LogP contribution in [0.25, 0.3) is 34.1 Å². The van der Waals surface area contributed by atoms with E-state index in [1.807, 2.05) is 41.1 Å². The van der Waals surface area contributed by atoms with E-state index in [1.54, 1.807) is 30.5 Å². The highest BCUT2D eigenvalue weighted by atomic mass is 16.5. The normalized spacial score (nSPS) is 11.4. The fourth-order valence-electron chi connectivity index (χ4n) is 3.65. The maximum atomic E-state index is 10.8. The molecule has 3 aromatic heterocycles. The summed E-state index contributed by atoms with van der Waals surface area (Å²) in [5.74, 6) is 0.450. The molecule has 4 rings (SSSR count). The Labute approximate surface area is 191 Å². The molecule has 0 aliphatic rings. The van der Waals surface area contributed by atoms with Gasteiger partial charge in [0.2, 0.25) is 5.82 Å². The summed E-state index contributed by atoms with van der Waals surface area (Å²) in [6, 6.07) is 11.6. The van der Waals surface area contributed by atoms with Crippen LogP contribution in [0.15, 0.2) is 59.5 Å². The van der Waals surface area contributed by atoms with Crippen molar-refractivity contribution in [2.75, 3.05) is 13.6 Å². The number of aromatic nitrogens is 5. The van der Waals surface area contributed by atoms with Crippen molar-refractivity contribution < 1.29 is 14.4 Å². The Morgan fingerprint density at radius 1 is 1.12 bits per heavy atom. The standard InChI is InChI=1S/C24H26N6O3/c1-16(2)13-30-22(18-8-10-25-11-9-18)20(12-26-30)24-27-23(28-33-24)19-6-4-17(5-7-19)14-29(3)15-21(31)32/h4-12,16H,13-15H2,1-3H3,(H,31,32). The van der Waals surface area contributed by atoms with Gasteiger partial charge in [0.05, 0.1) is 24.0 Å². The number of rotatable bonds is 9. The second-order valence-electron chi connectivity index (χ2n) is 8.40. The first kappa shape index (κ1) is 22.3. The minimum Gasteiger partial charge on any atom is -0.480 e. The molecule has 0 spiro atoms. The molecule has 9 nitrogen and oxygen atoms in total. The molecule has 0 aliphatic heterocycles. The monoisotopic (exact) mass is 446 g/mol. The number of carbonyl (C=O) groups is 1. The zero-order valence-electron chi connectivity index (χ0n) is 18.8. The third-order valence-electron chi connectivity index (χ3n) is 5.06. The summed E-state index contributed by atoms with van der Waals surface area (Å²) < 4.78 is 7.58. The Balaban J connectivity index is 1.60. The van der Waals surface area contributed by atoms with Gasteiger partial charge < -0.3 is 9.63 Å². The lowest BCUT2D eigenvalue weighted by molar-refractivity contribution is -0.138. The predicted molar refractivity (Wildman–Crippen MR) is 123 cm³/mol. The number of aliphatic carboxylic acids is 1. The van der Waals surface area contributed by atoms with Gasteiger partial charge in [0, 0.05) is 36.6 Å². The lowest BCUT2D eigenvalue weighted by atomic mass is 10.1. The van der Waals surface area contributed by atoms with Crippen molar-refractivity contribution in [1.29, 1.82) is 0 Å². The first-order valence-corrected chi connectivity index (χ1v) is 10.7. The van der Waals surface area contributed by atoms with Crippen LogP contribution in [-0.2, 0) is 17.9 Å². The highest BCUT2D eigenvalue weighted by Crippen LogP contribution is 2.32. The minimum atomic E-state index is -0.851. The van der Waals surface area contributed by atoms with E-state index in [2.05, 4.69) is 34.1 Å². The third kappa shape index (κ3) is 5.32. The van der Waals surface area contributed by atoms with Crippen LogP contribution in [0.2, 0.25) is 0 Å². The van der Waals surface area contributed by atoms with Gasteiger partial charge in [0.15, 0.2) is 0 Å². The van der Waals surface area contributed by atoms with Gasteiger partial charge in [0.25, 0.3) is 5.89 Å². The molecule has 1 N–H and O–H groups in total. The summed E-state index contributed by atoms with van der Waals surface area (Å²) in [4.78, 5) is 21.3. The smallest absolute Gasteiger partial charge is 0.317 e. The predicted octanol–water partition coefficient (Wildman–Crippen LogP) is 3.83. The molecular weight excluding hydrogens is 420 g/mol. The lowest BCUT2D eigenvalue weighted by Crippen LogP contribution is -2.25. The largest absolute Gasteiger partial charge is 0.480 e. The van der Waals surface area contributed by atoms with Crippen LogP contribution >= 0.6 is 0 Å². The molecule has 0 unspecified atom stereocenters. The number of benzene rings is 1. The second-order valence-corrected chi connectivity index (χ2v) is 8.40. The van der Waals surface area contributed by atoms with Crippen LogP contribution in [0.3, 0.4) is 0 Å². The van der Waals surface area contributed by atoms with Crippen molar-refractivity contribution in [2.24, 2.45) is 5.92 Å². The van der Waals surface area contributed by atoms with Crippen molar-refractivity contribution >= 4 is 5.97 Å². The highest BCUT2D eigenvalue weighted by molar-refractivity contribution is 5.77. The molecule has 0 amide bonds. The summed E-state index contributed by atoms with van der Waals surface area (Å²) in [7, 11) is 1.77. The van der Waals surface area contributed by atoms with Gasteiger partial charge in [-0.3, -0.25) is 19.4 Å². The van der Waals surface area contributed by atoms with Gasteiger partial charge in [-0.15, -0.1) is 0 Å². The Morgan fingerprint density at radius 2 is 1.85 bits per heavy atom. The molecule has 0 fully saturated rings. The van der Waals surface area contributed by atoms with Crippen LogP contribution in [-0.4, -0.2) is 54.5 Å². The Bertz CT molecular complexity index is 1210. The first-order chi connectivity index (χ1) is 15.9. The van der Waals surface area contributed by atoms with E-state index in [9.17, 15) is 4.79 Å². The van der Waals surface area contributed by atoms with Crippen LogP contribution in [0.4, 0.5) is 0 Å². The maximum Gasteiger partial charge on any atom is 0.317 e. The van der Waals surface area contributed by atoms with Crippen LogP contribution in [0.5, 0.6) is 0 Å². The average Bonchev–Trinajstić information content (AvgIpc) is 3.41. The lowest BCUT2D eigenvalue weighted by Gasteiger charge is -2.13. The molecule has 170 valence electrons. The van der Waals surface area contributed by atoms with Crippen molar-refractivity contribution in [3.05, 3.63) is 60.6 Å². The molecule has 0 saturated carbocycles. The topological polar surface area (TPSA) is 110 Å².